The number of benzene rings is 2. The lowest BCUT2D eigenvalue weighted by molar-refractivity contribution is -0.385. The van der Waals surface area contributed by atoms with Gasteiger partial charge in [-0.1, -0.05) is 58.0 Å². The van der Waals surface area contributed by atoms with E-state index in [2.05, 4.69) is 42.2 Å². The lowest BCUT2D eigenvalue weighted by Crippen LogP contribution is -2.61. The average molecular weight is 1110 g/mol. The van der Waals surface area contributed by atoms with Crippen LogP contribution in [-0.2, 0) is 65.6 Å². The van der Waals surface area contributed by atoms with E-state index >= 15 is 0 Å². The normalized spacial score (nSPS) is 21.3. The first-order valence-electron chi connectivity index (χ1n) is 24.1. The van der Waals surface area contributed by atoms with E-state index in [0.29, 0.717) is 5.56 Å². The van der Waals surface area contributed by atoms with Gasteiger partial charge in [-0.25, -0.2) is 0 Å². The largest absolute Gasteiger partial charge is 0.502 e. The lowest BCUT2D eigenvalue weighted by atomic mass is 10.0. The van der Waals surface area contributed by atoms with E-state index in [1.807, 2.05) is 0 Å². The Morgan fingerprint density at radius 1 is 0.792 bits per heavy atom. The van der Waals surface area contributed by atoms with E-state index < -0.39 is 149 Å². The molecule has 0 spiro atoms. The van der Waals surface area contributed by atoms with Gasteiger partial charge in [0, 0.05) is 56.3 Å². The Bertz CT molecular complexity index is 2560. The number of rotatable bonds is 20. The summed E-state index contributed by atoms with van der Waals surface area (Å²) < 4.78 is 0. The van der Waals surface area contributed by atoms with E-state index in [-0.39, 0.29) is 81.1 Å². The summed E-state index contributed by atoms with van der Waals surface area (Å²) in [6.07, 6.45) is -2.10. The highest BCUT2D eigenvalue weighted by Crippen LogP contribution is 2.28. The van der Waals surface area contributed by atoms with Crippen molar-refractivity contribution in [2.24, 2.45) is 33.7 Å². The Kier molecular flexibility index (Phi) is 24.2. The minimum atomic E-state index is -1.82. The first-order valence-corrected chi connectivity index (χ1v) is 26.6. The Morgan fingerprint density at radius 2 is 1.43 bits per heavy atom. The minimum Gasteiger partial charge on any atom is -0.502 e. The van der Waals surface area contributed by atoms with Crippen molar-refractivity contribution >= 4 is 98.2 Å². The van der Waals surface area contributed by atoms with E-state index in [1.54, 1.807) is 30.3 Å². The smallest absolute Gasteiger partial charge is 0.310 e. The Hall–Kier alpha value is -8.22. The second-order valence-electron chi connectivity index (χ2n) is 17.8. The van der Waals surface area contributed by atoms with E-state index in [0.717, 1.165) is 33.7 Å². The van der Waals surface area contributed by atoms with Gasteiger partial charge in [0.05, 0.1) is 17.9 Å². The number of amides is 11. The third-order valence-electron chi connectivity index (χ3n) is 11.8. The number of likely N-dealkylation sites (tertiary alicyclic amines) is 1. The van der Waals surface area contributed by atoms with Gasteiger partial charge in [0.2, 0.25) is 65.0 Å². The summed E-state index contributed by atoms with van der Waals surface area (Å²) in [4.78, 5) is 164. The molecule has 77 heavy (non-hydrogen) atoms. The summed E-state index contributed by atoms with van der Waals surface area (Å²) in [5.41, 5.74) is 26.9. The number of hydrogen-bond donors (Lipinski definition) is 13. The van der Waals surface area contributed by atoms with Gasteiger partial charge in [-0.3, -0.25) is 67.8 Å². The Labute approximate surface area is 448 Å². The fraction of sp³-hybridized carbons (Fsp3) is 0.478. The van der Waals surface area contributed by atoms with Gasteiger partial charge in [-0.2, -0.15) is 0 Å². The van der Waals surface area contributed by atoms with Gasteiger partial charge in [0.1, 0.15) is 42.3 Å². The number of nitrogens with zero attached hydrogens (tertiary/aromatic N) is 3. The third kappa shape index (κ3) is 20.4. The fourth-order valence-electron chi connectivity index (χ4n) is 7.99. The number of carbonyl (C=O) groups excluding carboxylic acids is 11. The number of primary amides is 3. The lowest BCUT2D eigenvalue weighted by Gasteiger charge is -2.31. The second-order valence-corrected chi connectivity index (χ2v) is 20.4. The molecule has 2 aliphatic rings. The van der Waals surface area contributed by atoms with Crippen molar-refractivity contribution in [3.63, 3.8) is 0 Å². The van der Waals surface area contributed by atoms with Crippen molar-refractivity contribution in [3.8, 4) is 5.75 Å². The van der Waals surface area contributed by atoms with Gasteiger partial charge in [-0.05, 0) is 49.3 Å². The van der Waals surface area contributed by atoms with Crippen LogP contribution in [0.25, 0.3) is 0 Å². The van der Waals surface area contributed by atoms with Crippen molar-refractivity contribution in [2.75, 3.05) is 31.1 Å². The molecule has 0 bridgehead atoms. The first-order chi connectivity index (χ1) is 36.5. The topological polar surface area (TPSA) is 481 Å². The number of nitro groups is 1. The number of phenolic OH excluding ortho intramolecular Hbond substituents is 1. The predicted molar refractivity (Wildman–Crippen MR) is 279 cm³/mol. The molecule has 2 aromatic rings. The number of aliphatic imine (C=N–C) groups is 1. The molecule has 0 unspecified atom stereocenters. The molecule has 418 valence electrons. The molecule has 2 heterocycles. The molecule has 0 aliphatic carbocycles. The van der Waals surface area contributed by atoms with Crippen LogP contribution < -0.4 is 65.9 Å². The molecule has 11 amide bonds. The van der Waals surface area contributed by atoms with E-state index in [9.17, 15) is 68.0 Å². The molecule has 0 aromatic heterocycles. The number of carbonyl (C=O) groups is 11. The van der Waals surface area contributed by atoms with Gasteiger partial charge >= 0.3 is 5.69 Å². The predicted octanol–water partition coefficient (Wildman–Crippen LogP) is -4.43. The van der Waals surface area contributed by atoms with Crippen molar-refractivity contribution in [3.05, 3.63) is 69.8 Å². The number of hydrogen-bond acceptors (Lipinski definition) is 17. The van der Waals surface area contributed by atoms with E-state index in [4.69, 9.17) is 28.7 Å². The molecular formula is C46H63N15O14S2. The maximum absolute atomic E-state index is 14.6. The first kappa shape index (κ1) is 61.3. The van der Waals surface area contributed by atoms with Crippen LogP contribution in [0.1, 0.15) is 62.5 Å². The van der Waals surface area contributed by atoms with Gasteiger partial charge < -0.3 is 75.9 Å². The number of nitrogens with two attached hydrogens (primary N) is 5. The molecule has 2 fully saturated rings. The van der Waals surface area contributed by atoms with Crippen molar-refractivity contribution in [1.82, 2.24) is 42.1 Å². The molecular weight excluding hydrogens is 1050 g/mol. The summed E-state index contributed by atoms with van der Waals surface area (Å²) in [5.74, 6) is -11.2. The van der Waals surface area contributed by atoms with Crippen LogP contribution in [0.2, 0.25) is 0 Å². The van der Waals surface area contributed by atoms with Crippen LogP contribution in [-0.4, -0.2) is 159 Å². The van der Waals surface area contributed by atoms with Crippen LogP contribution >= 0.6 is 21.6 Å². The molecule has 2 aromatic carbocycles. The van der Waals surface area contributed by atoms with E-state index in [1.165, 1.54) is 11.0 Å². The minimum absolute atomic E-state index is 0.00943. The summed E-state index contributed by atoms with van der Waals surface area (Å²) in [7, 11) is 2.06. The number of nitro benzene ring substituents is 1. The van der Waals surface area contributed by atoms with Crippen LogP contribution in [0.4, 0.5) is 5.69 Å². The molecule has 0 saturated carbocycles. The Morgan fingerprint density at radius 3 is 2.08 bits per heavy atom. The highest BCUT2D eigenvalue weighted by Gasteiger charge is 2.40. The molecule has 7 atom stereocenters. The fourth-order valence-corrected chi connectivity index (χ4v) is 10.1. The van der Waals surface area contributed by atoms with Crippen molar-refractivity contribution < 1.29 is 62.8 Å². The summed E-state index contributed by atoms with van der Waals surface area (Å²) in [6, 6.07) is 1.12. The summed E-state index contributed by atoms with van der Waals surface area (Å²) >= 11 is 0. The standard InChI is InChI=1S/C46H63N15O14S2/c47-35(63)13-11-27-40(68)58-30(21-36(48)64)43(71)59-31(45(73)60-16-5-9-32(60)44(72)56-26(8-4-15-52-46(50)51)39(67)53-22-37(49)65)23-77-76-17-14-38(66)54-28(19-25-10-12-34(62)33(20-25)61(74)75)41(69)57-29(42(70)55-27)18-24-6-2-1-3-7-24/h1-3,6-7,10,12,20,26-32,62H,4-5,8-9,11,13-19,21-23H2,(H2,47,63)(H2,48,64)(H2,49,65)(H,53,67)(H,54,66)(H,55,70)(H,56,72)(H,57,69)(H,58,68)(H,59,71)(H4,50,51,52)/t26-,27+,28+,29+,30+,31+,32+/m1/s1. The van der Waals surface area contributed by atoms with Crippen LogP contribution in [0.15, 0.2) is 53.5 Å². The molecule has 31 heteroatoms. The highest BCUT2D eigenvalue weighted by atomic mass is 33.1. The quantitative estimate of drug-likeness (QED) is 0.0149. The van der Waals surface area contributed by atoms with Crippen molar-refractivity contribution in [1.29, 1.82) is 0 Å². The highest BCUT2D eigenvalue weighted by molar-refractivity contribution is 8.76. The Balaban J connectivity index is 1.71. The molecule has 0 radical (unpaired) electrons. The van der Waals surface area contributed by atoms with Crippen LogP contribution in [0, 0.1) is 10.1 Å². The number of nitrogens with one attached hydrogen (secondary N) is 7. The number of aromatic hydroxyl groups is 1. The third-order valence-corrected chi connectivity index (χ3v) is 14.2. The second kappa shape index (κ2) is 30.4. The summed E-state index contributed by atoms with van der Waals surface area (Å²) in [5, 5.41) is 39.3. The zero-order valence-corrected chi connectivity index (χ0v) is 43.2. The van der Waals surface area contributed by atoms with Gasteiger partial charge in [-0.15, -0.1) is 0 Å². The monoisotopic (exact) mass is 1110 g/mol. The zero-order chi connectivity index (χ0) is 56.8. The van der Waals surface area contributed by atoms with Crippen LogP contribution in [0.3, 0.4) is 0 Å². The average Bonchev–Trinajstić information content (AvgIpc) is 3.87. The summed E-state index contributed by atoms with van der Waals surface area (Å²) in [6.45, 7) is -0.475. The zero-order valence-electron chi connectivity index (χ0n) is 41.6. The molecule has 4 rings (SSSR count). The number of phenols is 1. The number of guanidine groups is 1. The maximum Gasteiger partial charge on any atom is 0.310 e. The van der Waals surface area contributed by atoms with Crippen molar-refractivity contribution in [2.45, 2.75) is 107 Å². The van der Waals surface area contributed by atoms with Gasteiger partial charge in [0.15, 0.2) is 11.7 Å². The van der Waals surface area contributed by atoms with Crippen LogP contribution in [0.5, 0.6) is 5.75 Å². The molecule has 2 saturated heterocycles. The molecule has 29 nitrogen and oxygen atoms in total. The SMILES string of the molecule is NC(=O)CC[C@@H]1NC(=O)[C@H](Cc2ccccc2)NC(=O)[C@H](Cc2ccc(O)c([N+](=O)[O-])c2)NC(=O)CCSSC[C@@H](C(=O)N2CCC[C@H]2C(=O)N[C@H](CCCN=C(N)N)C(=O)NCC(N)=O)NC(=O)[C@H](CC(N)=O)NC1=O. The van der Waals surface area contributed by atoms with Gasteiger partial charge in [0.25, 0.3) is 0 Å². The molecule has 18 N–H and O–H groups in total. The maximum atomic E-state index is 14.6. The molecule has 2 aliphatic heterocycles.